The van der Waals surface area contributed by atoms with E-state index in [4.69, 9.17) is 5.73 Å². The molecule has 0 aliphatic heterocycles. The van der Waals surface area contributed by atoms with Gasteiger partial charge >= 0.3 is 0 Å². The van der Waals surface area contributed by atoms with E-state index in [9.17, 15) is 0 Å². The molecule has 0 saturated carbocycles. The summed E-state index contributed by atoms with van der Waals surface area (Å²) in [6.07, 6.45) is 1.85. The number of nitrogen functional groups attached to an aromatic ring is 1. The molecule has 5 nitrogen and oxygen atoms in total. The van der Waals surface area contributed by atoms with Gasteiger partial charge in [-0.25, -0.2) is 9.97 Å². The van der Waals surface area contributed by atoms with E-state index in [0.717, 1.165) is 15.9 Å². The van der Waals surface area contributed by atoms with E-state index >= 15 is 0 Å². The monoisotopic (exact) mass is 295 g/mol. The van der Waals surface area contributed by atoms with Crippen LogP contribution >= 0.6 is 15.9 Å². The Labute approximate surface area is 108 Å². The van der Waals surface area contributed by atoms with Crippen molar-refractivity contribution in [2.45, 2.75) is 19.8 Å². The molecular weight excluding hydrogens is 282 g/mol. The van der Waals surface area contributed by atoms with Crippen molar-refractivity contribution in [2.24, 2.45) is 7.05 Å². The average Bonchev–Trinajstić information content (AvgIpc) is 2.68. The quantitative estimate of drug-likeness (QED) is 0.923. The van der Waals surface area contributed by atoms with Gasteiger partial charge in [0.05, 0.1) is 10.2 Å². The molecule has 17 heavy (non-hydrogen) atoms. The lowest BCUT2D eigenvalue weighted by atomic mass is 10.1. The average molecular weight is 296 g/mol. The Morgan fingerprint density at radius 3 is 2.59 bits per heavy atom. The molecule has 2 aromatic rings. The molecule has 2 heterocycles. The first kappa shape index (κ1) is 12.0. The first-order valence-corrected chi connectivity index (χ1v) is 6.11. The topological polar surface area (TPSA) is 69.6 Å². The fourth-order valence-corrected chi connectivity index (χ4v) is 2.15. The molecule has 0 bridgehead atoms. The van der Waals surface area contributed by atoms with Crippen molar-refractivity contribution in [3.05, 3.63) is 22.4 Å². The standard InChI is InChI=1S/C11H14BrN5/c1-6(2)9-8(12)10(13)15-11(14-9)7-4-5-17(3)16-7/h4-6H,1-3H3,(H2,13,14,15). The number of halogens is 1. The third-order valence-electron chi connectivity index (χ3n) is 2.39. The second-order valence-corrected chi connectivity index (χ2v) is 4.95. The lowest BCUT2D eigenvalue weighted by molar-refractivity contribution is 0.765. The zero-order valence-electron chi connectivity index (χ0n) is 9.98. The van der Waals surface area contributed by atoms with Crippen LogP contribution in [0.3, 0.4) is 0 Å². The van der Waals surface area contributed by atoms with E-state index in [1.54, 1.807) is 4.68 Å². The van der Waals surface area contributed by atoms with Crippen molar-refractivity contribution in [3.63, 3.8) is 0 Å². The van der Waals surface area contributed by atoms with Gasteiger partial charge in [-0.15, -0.1) is 0 Å². The highest BCUT2D eigenvalue weighted by atomic mass is 79.9. The van der Waals surface area contributed by atoms with Gasteiger partial charge in [0.2, 0.25) is 0 Å². The summed E-state index contributed by atoms with van der Waals surface area (Å²) in [6, 6.07) is 1.87. The minimum atomic E-state index is 0.275. The largest absolute Gasteiger partial charge is 0.383 e. The van der Waals surface area contributed by atoms with E-state index in [1.165, 1.54) is 0 Å². The summed E-state index contributed by atoms with van der Waals surface area (Å²) in [5.74, 6) is 1.29. The highest BCUT2D eigenvalue weighted by molar-refractivity contribution is 9.10. The summed E-state index contributed by atoms with van der Waals surface area (Å²) < 4.78 is 2.48. The Morgan fingerprint density at radius 1 is 1.35 bits per heavy atom. The van der Waals surface area contributed by atoms with Gasteiger partial charge in [-0.1, -0.05) is 13.8 Å². The van der Waals surface area contributed by atoms with Crippen molar-refractivity contribution < 1.29 is 0 Å². The second-order valence-electron chi connectivity index (χ2n) is 4.16. The molecule has 90 valence electrons. The maximum absolute atomic E-state index is 5.87. The van der Waals surface area contributed by atoms with E-state index in [-0.39, 0.29) is 5.92 Å². The van der Waals surface area contributed by atoms with Gasteiger partial charge < -0.3 is 5.73 Å². The van der Waals surface area contributed by atoms with Crippen LogP contribution in [0.2, 0.25) is 0 Å². The smallest absolute Gasteiger partial charge is 0.182 e. The molecule has 0 aliphatic carbocycles. The van der Waals surface area contributed by atoms with Crippen molar-refractivity contribution >= 4 is 21.7 Å². The van der Waals surface area contributed by atoms with Gasteiger partial charge in [0.25, 0.3) is 0 Å². The van der Waals surface area contributed by atoms with Crippen molar-refractivity contribution in [2.75, 3.05) is 5.73 Å². The van der Waals surface area contributed by atoms with Crippen LogP contribution in [0, 0.1) is 0 Å². The van der Waals surface area contributed by atoms with Gasteiger partial charge in [0.15, 0.2) is 5.82 Å². The Kier molecular flexibility index (Phi) is 3.15. The highest BCUT2D eigenvalue weighted by Gasteiger charge is 2.15. The zero-order chi connectivity index (χ0) is 12.6. The van der Waals surface area contributed by atoms with Gasteiger partial charge in [-0.2, -0.15) is 5.10 Å². The van der Waals surface area contributed by atoms with E-state index < -0.39 is 0 Å². The van der Waals surface area contributed by atoms with Gasteiger partial charge in [-0.3, -0.25) is 4.68 Å². The Morgan fingerprint density at radius 2 is 2.06 bits per heavy atom. The number of nitrogens with zero attached hydrogens (tertiary/aromatic N) is 4. The molecule has 0 amide bonds. The minimum absolute atomic E-state index is 0.275. The third-order valence-corrected chi connectivity index (χ3v) is 3.20. The zero-order valence-corrected chi connectivity index (χ0v) is 11.6. The number of anilines is 1. The molecule has 0 aliphatic rings. The molecule has 0 atom stereocenters. The summed E-state index contributed by atoms with van der Waals surface area (Å²) in [7, 11) is 1.86. The molecule has 0 unspecified atom stereocenters. The normalized spacial score (nSPS) is 11.1. The lowest BCUT2D eigenvalue weighted by Crippen LogP contribution is -2.04. The van der Waals surface area contributed by atoms with E-state index in [1.807, 2.05) is 19.3 Å². The number of aryl methyl sites for hydroxylation is 1. The van der Waals surface area contributed by atoms with Crippen LogP contribution in [-0.2, 0) is 7.05 Å². The molecule has 0 spiro atoms. The first-order chi connectivity index (χ1) is 7.99. The Hall–Kier alpha value is -1.43. The van der Waals surface area contributed by atoms with Gasteiger partial charge in [-0.05, 0) is 27.9 Å². The second kappa shape index (κ2) is 4.44. The van der Waals surface area contributed by atoms with Crippen LogP contribution in [0.5, 0.6) is 0 Å². The van der Waals surface area contributed by atoms with E-state index in [2.05, 4.69) is 44.8 Å². The number of nitrogens with two attached hydrogens (primary N) is 1. The van der Waals surface area contributed by atoms with Crippen molar-refractivity contribution in [1.82, 2.24) is 19.7 Å². The summed E-state index contributed by atoms with van der Waals surface area (Å²) in [5, 5.41) is 4.27. The molecule has 0 aromatic carbocycles. The highest BCUT2D eigenvalue weighted by Crippen LogP contribution is 2.29. The molecule has 0 radical (unpaired) electrons. The Balaban J connectivity index is 2.56. The fourth-order valence-electron chi connectivity index (χ4n) is 1.51. The van der Waals surface area contributed by atoms with Gasteiger partial charge in [0, 0.05) is 13.2 Å². The minimum Gasteiger partial charge on any atom is -0.383 e. The summed E-state index contributed by atoms with van der Waals surface area (Å²) in [4.78, 5) is 8.75. The lowest BCUT2D eigenvalue weighted by Gasteiger charge is -2.10. The number of rotatable bonds is 2. The maximum Gasteiger partial charge on any atom is 0.182 e. The molecule has 2 N–H and O–H groups in total. The van der Waals surface area contributed by atoms with Crippen LogP contribution in [0.4, 0.5) is 5.82 Å². The van der Waals surface area contributed by atoms with Crippen LogP contribution in [0.1, 0.15) is 25.5 Å². The third kappa shape index (κ3) is 2.31. The SMILES string of the molecule is CC(C)c1nc(-c2ccn(C)n2)nc(N)c1Br. The molecule has 0 saturated heterocycles. The number of hydrogen-bond acceptors (Lipinski definition) is 4. The van der Waals surface area contributed by atoms with E-state index in [0.29, 0.717) is 11.6 Å². The Bertz CT molecular complexity index is 547. The first-order valence-electron chi connectivity index (χ1n) is 5.32. The summed E-state index contributed by atoms with van der Waals surface area (Å²) in [6.45, 7) is 4.13. The molecular formula is C11H14BrN5. The maximum atomic E-state index is 5.87. The molecule has 2 rings (SSSR count). The predicted octanol–water partition coefficient (Wildman–Crippen LogP) is 2.35. The van der Waals surface area contributed by atoms with Crippen LogP contribution in [-0.4, -0.2) is 19.7 Å². The van der Waals surface area contributed by atoms with Crippen LogP contribution in [0.15, 0.2) is 16.7 Å². The predicted molar refractivity (Wildman–Crippen MR) is 70.4 cm³/mol. The van der Waals surface area contributed by atoms with Crippen LogP contribution < -0.4 is 5.73 Å². The van der Waals surface area contributed by atoms with Crippen molar-refractivity contribution in [1.29, 1.82) is 0 Å². The van der Waals surface area contributed by atoms with Crippen LogP contribution in [0.25, 0.3) is 11.5 Å². The molecule has 2 aromatic heterocycles. The van der Waals surface area contributed by atoms with Gasteiger partial charge in [0.1, 0.15) is 11.5 Å². The molecule has 0 fully saturated rings. The molecule has 6 heteroatoms. The summed E-state index contributed by atoms with van der Waals surface area (Å²) in [5.41, 5.74) is 7.50. The van der Waals surface area contributed by atoms with Crippen molar-refractivity contribution in [3.8, 4) is 11.5 Å². The number of aromatic nitrogens is 4. The fraction of sp³-hybridized carbons (Fsp3) is 0.364. The summed E-state index contributed by atoms with van der Waals surface area (Å²) >= 11 is 3.42. The number of hydrogen-bond donors (Lipinski definition) is 1.